The Bertz CT molecular complexity index is 596. The lowest BCUT2D eigenvalue weighted by Crippen LogP contribution is -2.20. The van der Waals surface area contributed by atoms with E-state index in [9.17, 15) is 9.59 Å². The minimum atomic E-state index is -0.386. The molecule has 0 saturated heterocycles. The van der Waals surface area contributed by atoms with Gasteiger partial charge in [-0.2, -0.15) is 0 Å². The molecule has 2 saturated carbocycles. The predicted molar refractivity (Wildman–Crippen MR) is 84.7 cm³/mol. The molecule has 2 fully saturated rings. The van der Waals surface area contributed by atoms with E-state index in [2.05, 4.69) is 5.32 Å². The highest BCUT2D eigenvalue weighted by molar-refractivity contribution is 5.95. The fourth-order valence-corrected chi connectivity index (χ4v) is 4.07. The van der Waals surface area contributed by atoms with E-state index in [4.69, 9.17) is 4.74 Å². The molecule has 0 spiro atoms. The van der Waals surface area contributed by atoms with Gasteiger partial charge in [0.1, 0.15) is 0 Å². The van der Waals surface area contributed by atoms with Gasteiger partial charge in [-0.1, -0.05) is 12.5 Å². The maximum Gasteiger partial charge on any atom is 0.337 e. The van der Waals surface area contributed by atoms with Crippen molar-refractivity contribution in [3.63, 3.8) is 0 Å². The fourth-order valence-electron chi connectivity index (χ4n) is 4.07. The first kappa shape index (κ1) is 15.1. The molecule has 3 atom stereocenters. The van der Waals surface area contributed by atoms with Crippen LogP contribution in [-0.2, 0) is 9.53 Å². The Kier molecular flexibility index (Phi) is 4.19. The molecular weight excluding hydrogens is 278 g/mol. The molecule has 2 aliphatic rings. The summed E-state index contributed by atoms with van der Waals surface area (Å²) < 4.78 is 4.73. The van der Waals surface area contributed by atoms with E-state index in [1.165, 1.54) is 32.8 Å². The molecule has 2 bridgehead atoms. The number of amides is 1. The molecule has 0 unspecified atom stereocenters. The Morgan fingerprint density at radius 3 is 2.73 bits per heavy atom. The standard InChI is InChI=1S/C18H23NO3/c1-11-3-5-14(18(21)22-2)9-16(11)19-17(20)10-15-8-12-4-6-13(15)7-12/h3,5,9,12-13,15H,4,6-8,10H2,1-2H3,(H,19,20)/t12-,13+,15-/m0/s1. The second-order valence-electron chi connectivity index (χ2n) is 6.71. The third kappa shape index (κ3) is 3.01. The fraction of sp³-hybridized carbons (Fsp3) is 0.556. The summed E-state index contributed by atoms with van der Waals surface area (Å²) in [6.45, 7) is 1.92. The van der Waals surface area contributed by atoms with Crippen molar-refractivity contribution in [3.05, 3.63) is 29.3 Å². The highest BCUT2D eigenvalue weighted by Crippen LogP contribution is 2.49. The van der Waals surface area contributed by atoms with Crippen LogP contribution < -0.4 is 5.32 Å². The molecule has 1 aromatic rings. The first-order chi connectivity index (χ1) is 10.6. The summed E-state index contributed by atoms with van der Waals surface area (Å²) in [6.07, 6.45) is 5.76. The monoisotopic (exact) mass is 301 g/mol. The van der Waals surface area contributed by atoms with E-state index in [1.807, 2.05) is 13.0 Å². The summed E-state index contributed by atoms with van der Waals surface area (Å²) in [4.78, 5) is 23.9. The van der Waals surface area contributed by atoms with Crippen LogP contribution in [0.3, 0.4) is 0 Å². The summed E-state index contributed by atoms with van der Waals surface area (Å²) in [7, 11) is 1.36. The molecule has 22 heavy (non-hydrogen) atoms. The van der Waals surface area contributed by atoms with Crippen LogP contribution >= 0.6 is 0 Å². The zero-order valence-electron chi connectivity index (χ0n) is 13.2. The molecule has 0 heterocycles. The molecule has 4 heteroatoms. The van der Waals surface area contributed by atoms with Crippen LogP contribution in [0.5, 0.6) is 0 Å². The number of hydrogen-bond donors (Lipinski definition) is 1. The molecule has 0 aromatic heterocycles. The number of benzene rings is 1. The van der Waals surface area contributed by atoms with Gasteiger partial charge in [-0.15, -0.1) is 0 Å². The number of methoxy groups -OCH3 is 1. The normalized spacial score (nSPS) is 26.0. The maximum atomic E-state index is 12.3. The number of carbonyl (C=O) groups excluding carboxylic acids is 2. The van der Waals surface area contributed by atoms with Gasteiger partial charge in [-0.3, -0.25) is 4.79 Å². The molecule has 1 N–H and O–H groups in total. The highest BCUT2D eigenvalue weighted by Gasteiger charge is 2.40. The number of nitrogens with one attached hydrogen (secondary N) is 1. The second-order valence-corrected chi connectivity index (χ2v) is 6.71. The van der Waals surface area contributed by atoms with Crippen molar-refractivity contribution < 1.29 is 14.3 Å². The molecule has 0 aliphatic heterocycles. The molecular formula is C18H23NO3. The van der Waals surface area contributed by atoms with E-state index < -0.39 is 0 Å². The number of ether oxygens (including phenoxy) is 1. The van der Waals surface area contributed by atoms with Gasteiger partial charge in [0, 0.05) is 12.1 Å². The van der Waals surface area contributed by atoms with E-state index in [-0.39, 0.29) is 11.9 Å². The molecule has 4 nitrogen and oxygen atoms in total. The lowest BCUT2D eigenvalue weighted by Gasteiger charge is -2.21. The minimum Gasteiger partial charge on any atom is -0.465 e. The average molecular weight is 301 g/mol. The van der Waals surface area contributed by atoms with Crippen LogP contribution in [0, 0.1) is 24.7 Å². The van der Waals surface area contributed by atoms with E-state index >= 15 is 0 Å². The van der Waals surface area contributed by atoms with Crippen LogP contribution in [0.25, 0.3) is 0 Å². The van der Waals surface area contributed by atoms with E-state index in [0.717, 1.165) is 17.4 Å². The third-order valence-electron chi connectivity index (χ3n) is 5.26. The smallest absolute Gasteiger partial charge is 0.337 e. The Balaban J connectivity index is 1.64. The van der Waals surface area contributed by atoms with Crippen molar-refractivity contribution in [2.75, 3.05) is 12.4 Å². The van der Waals surface area contributed by atoms with Crippen molar-refractivity contribution in [2.45, 2.75) is 39.0 Å². The Hall–Kier alpha value is -1.84. The first-order valence-corrected chi connectivity index (χ1v) is 8.05. The number of rotatable bonds is 4. The largest absolute Gasteiger partial charge is 0.465 e. The number of aryl methyl sites for hydroxylation is 1. The summed E-state index contributed by atoms with van der Waals surface area (Å²) in [5.41, 5.74) is 2.12. The lowest BCUT2D eigenvalue weighted by atomic mass is 9.86. The van der Waals surface area contributed by atoms with Crippen LogP contribution in [-0.4, -0.2) is 19.0 Å². The summed E-state index contributed by atoms with van der Waals surface area (Å²) >= 11 is 0. The number of esters is 1. The van der Waals surface area contributed by atoms with Gasteiger partial charge in [0.05, 0.1) is 12.7 Å². The molecule has 1 aromatic carbocycles. The minimum absolute atomic E-state index is 0.0580. The van der Waals surface area contributed by atoms with Crippen molar-refractivity contribution in [2.24, 2.45) is 17.8 Å². The van der Waals surface area contributed by atoms with E-state index in [0.29, 0.717) is 23.6 Å². The second kappa shape index (κ2) is 6.11. The number of anilines is 1. The summed E-state index contributed by atoms with van der Waals surface area (Å²) in [5.74, 6) is 1.82. The van der Waals surface area contributed by atoms with E-state index in [1.54, 1.807) is 12.1 Å². The average Bonchev–Trinajstić information content (AvgIpc) is 3.11. The maximum absolute atomic E-state index is 12.3. The van der Waals surface area contributed by atoms with Crippen molar-refractivity contribution in [1.82, 2.24) is 0 Å². The van der Waals surface area contributed by atoms with Crippen molar-refractivity contribution in [3.8, 4) is 0 Å². The topological polar surface area (TPSA) is 55.4 Å². The molecule has 1 amide bonds. The quantitative estimate of drug-likeness (QED) is 0.865. The van der Waals surface area contributed by atoms with Crippen LogP contribution in [0.4, 0.5) is 5.69 Å². The van der Waals surface area contributed by atoms with Crippen LogP contribution in [0.15, 0.2) is 18.2 Å². The van der Waals surface area contributed by atoms with Gasteiger partial charge >= 0.3 is 5.97 Å². The molecule has 0 radical (unpaired) electrons. The third-order valence-corrected chi connectivity index (χ3v) is 5.26. The van der Waals surface area contributed by atoms with Crippen LogP contribution in [0.2, 0.25) is 0 Å². The van der Waals surface area contributed by atoms with Gasteiger partial charge in [-0.05, 0) is 61.6 Å². The Labute approximate surface area is 131 Å². The molecule has 3 rings (SSSR count). The Morgan fingerprint density at radius 1 is 1.27 bits per heavy atom. The predicted octanol–water partition coefficient (Wildman–Crippen LogP) is 3.55. The molecule has 2 aliphatic carbocycles. The first-order valence-electron chi connectivity index (χ1n) is 8.05. The zero-order valence-corrected chi connectivity index (χ0v) is 13.2. The van der Waals surface area contributed by atoms with Gasteiger partial charge in [0.2, 0.25) is 5.91 Å². The number of carbonyl (C=O) groups is 2. The van der Waals surface area contributed by atoms with Gasteiger partial charge in [0.15, 0.2) is 0 Å². The van der Waals surface area contributed by atoms with Gasteiger partial charge < -0.3 is 10.1 Å². The molecule has 118 valence electrons. The lowest BCUT2D eigenvalue weighted by molar-refractivity contribution is -0.117. The Morgan fingerprint density at radius 2 is 2.09 bits per heavy atom. The van der Waals surface area contributed by atoms with Gasteiger partial charge in [0.25, 0.3) is 0 Å². The van der Waals surface area contributed by atoms with Crippen LogP contribution in [0.1, 0.15) is 48.0 Å². The number of fused-ring (bicyclic) bond motifs is 2. The van der Waals surface area contributed by atoms with Crippen molar-refractivity contribution >= 4 is 17.6 Å². The summed E-state index contributed by atoms with van der Waals surface area (Å²) in [5, 5.41) is 2.97. The van der Waals surface area contributed by atoms with Crippen molar-refractivity contribution in [1.29, 1.82) is 0 Å². The summed E-state index contributed by atoms with van der Waals surface area (Å²) in [6, 6.07) is 5.24. The number of hydrogen-bond acceptors (Lipinski definition) is 3. The zero-order chi connectivity index (χ0) is 15.7. The van der Waals surface area contributed by atoms with Gasteiger partial charge in [-0.25, -0.2) is 4.79 Å². The highest BCUT2D eigenvalue weighted by atomic mass is 16.5. The SMILES string of the molecule is COC(=O)c1ccc(C)c(NC(=O)C[C@@H]2C[C@H]3CC[C@@H]2C3)c1.